The molecule has 0 aromatic carbocycles. The van der Waals surface area contributed by atoms with Crippen LogP contribution in [0.5, 0.6) is 0 Å². The molecule has 1 spiro atoms. The Labute approximate surface area is 242 Å². The first-order valence-corrected chi connectivity index (χ1v) is 15.1. The van der Waals surface area contributed by atoms with Crippen LogP contribution in [0.1, 0.15) is 66.2 Å². The Morgan fingerprint density at radius 1 is 1.12 bits per heavy atom. The number of aliphatic hydroxyl groups excluding tert-OH is 3. The molecule has 3 saturated heterocycles. The molecule has 2 bridgehead atoms. The zero-order valence-corrected chi connectivity index (χ0v) is 24.6. The monoisotopic (exact) mass is 574 g/mol. The summed E-state index contributed by atoms with van der Waals surface area (Å²) in [5.74, 6) is -2.52. The van der Waals surface area contributed by atoms with Crippen LogP contribution in [0, 0.1) is 17.8 Å². The first-order chi connectivity index (χ1) is 19.5. The molecule has 9 nitrogen and oxygen atoms in total. The van der Waals surface area contributed by atoms with Crippen LogP contribution in [-0.2, 0) is 23.7 Å². The minimum atomic E-state index is -1.79. The van der Waals surface area contributed by atoms with E-state index < -0.39 is 47.7 Å². The lowest BCUT2D eigenvalue weighted by Gasteiger charge is -2.50. The van der Waals surface area contributed by atoms with Crippen molar-refractivity contribution >= 4 is 5.97 Å². The Balaban J connectivity index is 1.54. The number of hydrogen-bond acceptors (Lipinski definition) is 9. The van der Waals surface area contributed by atoms with Gasteiger partial charge in [0.1, 0.15) is 29.8 Å². The Morgan fingerprint density at radius 3 is 2.63 bits per heavy atom. The predicted molar refractivity (Wildman–Crippen MR) is 150 cm³/mol. The SMILES string of the molecule is CC[C@H]1O[C@]2(CC[C@@H]1C)C[C@@H]1C[C@@H](C/C=C(\CO)C(O)[C@@H](C)/C=C/C=C3\CO[C@@H]4[C@H](O)C(C)=CC(C(=O)O1)[C@]34O)O2. The first kappa shape index (κ1) is 30.6. The second-order valence-corrected chi connectivity index (χ2v) is 12.7. The van der Waals surface area contributed by atoms with Crippen molar-refractivity contribution < 1.29 is 44.2 Å². The molecule has 0 saturated carbocycles. The van der Waals surface area contributed by atoms with Crippen molar-refractivity contribution in [3.05, 3.63) is 47.1 Å². The molecule has 11 atom stereocenters. The Kier molecular flexibility index (Phi) is 8.98. The maximum atomic E-state index is 13.9. The average Bonchev–Trinajstić information content (AvgIpc) is 3.28. The molecule has 41 heavy (non-hydrogen) atoms. The molecular weight excluding hydrogens is 528 g/mol. The van der Waals surface area contributed by atoms with Crippen LogP contribution in [-0.4, -0.2) is 87.6 Å². The summed E-state index contributed by atoms with van der Waals surface area (Å²) < 4.78 is 25.2. The van der Waals surface area contributed by atoms with E-state index >= 15 is 0 Å². The van der Waals surface area contributed by atoms with E-state index in [4.69, 9.17) is 18.9 Å². The molecule has 5 rings (SSSR count). The highest BCUT2D eigenvalue weighted by molar-refractivity contribution is 5.78. The van der Waals surface area contributed by atoms with E-state index in [0.29, 0.717) is 48.3 Å². The molecule has 0 amide bonds. The lowest BCUT2D eigenvalue weighted by atomic mass is 9.71. The molecule has 4 N–H and O–H groups in total. The van der Waals surface area contributed by atoms with E-state index in [1.165, 1.54) is 0 Å². The number of rotatable bonds is 2. The average molecular weight is 575 g/mol. The van der Waals surface area contributed by atoms with E-state index in [2.05, 4.69) is 13.8 Å². The Hall–Kier alpha value is -1.85. The number of carbonyl (C=O) groups excluding carboxylic acids is 1. The summed E-state index contributed by atoms with van der Waals surface area (Å²) >= 11 is 0. The molecule has 4 aliphatic heterocycles. The van der Waals surface area contributed by atoms with Crippen LogP contribution in [0.15, 0.2) is 47.1 Å². The van der Waals surface area contributed by atoms with Gasteiger partial charge >= 0.3 is 5.97 Å². The molecule has 0 radical (unpaired) electrons. The van der Waals surface area contributed by atoms with Crippen molar-refractivity contribution in [2.75, 3.05) is 13.2 Å². The summed E-state index contributed by atoms with van der Waals surface area (Å²) in [5.41, 5.74) is -0.306. The van der Waals surface area contributed by atoms with Crippen LogP contribution >= 0.6 is 0 Å². The third-order valence-corrected chi connectivity index (χ3v) is 9.81. The molecule has 3 fully saturated rings. The fourth-order valence-corrected chi connectivity index (χ4v) is 7.22. The zero-order valence-electron chi connectivity index (χ0n) is 24.6. The number of aliphatic hydroxyl groups is 4. The van der Waals surface area contributed by atoms with Crippen molar-refractivity contribution in [3.63, 3.8) is 0 Å². The molecule has 2 unspecified atom stereocenters. The topological polar surface area (TPSA) is 135 Å². The van der Waals surface area contributed by atoms with Gasteiger partial charge in [-0.3, -0.25) is 4.79 Å². The Morgan fingerprint density at radius 2 is 1.90 bits per heavy atom. The third-order valence-electron chi connectivity index (χ3n) is 9.81. The van der Waals surface area contributed by atoms with Gasteiger partial charge < -0.3 is 39.4 Å². The summed E-state index contributed by atoms with van der Waals surface area (Å²) in [6.07, 6.45) is 8.31. The van der Waals surface area contributed by atoms with Crippen LogP contribution in [0.25, 0.3) is 0 Å². The molecule has 0 aromatic rings. The highest BCUT2D eigenvalue weighted by Gasteiger charge is 2.60. The van der Waals surface area contributed by atoms with Crippen molar-refractivity contribution in [1.29, 1.82) is 0 Å². The number of hydrogen-bond donors (Lipinski definition) is 4. The highest BCUT2D eigenvalue weighted by Crippen LogP contribution is 2.47. The minimum Gasteiger partial charge on any atom is -0.462 e. The fraction of sp³-hybridized carbons (Fsp3) is 0.719. The van der Waals surface area contributed by atoms with Gasteiger partial charge in [-0.15, -0.1) is 0 Å². The zero-order chi connectivity index (χ0) is 29.5. The Bertz CT molecular complexity index is 1110. The van der Waals surface area contributed by atoms with Gasteiger partial charge in [0.15, 0.2) is 5.79 Å². The van der Waals surface area contributed by atoms with E-state index in [9.17, 15) is 25.2 Å². The van der Waals surface area contributed by atoms with Crippen LogP contribution in [0.4, 0.5) is 0 Å². The first-order valence-electron chi connectivity index (χ1n) is 15.1. The quantitative estimate of drug-likeness (QED) is 0.290. The summed E-state index contributed by atoms with van der Waals surface area (Å²) in [6.45, 7) is 7.57. The highest BCUT2D eigenvalue weighted by atomic mass is 16.7. The fourth-order valence-electron chi connectivity index (χ4n) is 7.22. The van der Waals surface area contributed by atoms with E-state index in [1.807, 2.05) is 13.0 Å². The van der Waals surface area contributed by atoms with Crippen molar-refractivity contribution in [1.82, 2.24) is 0 Å². The lowest BCUT2D eigenvalue weighted by Crippen LogP contribution is -2.58. The van der Waals surface area contributed by atoms with Crippen LogP contribution in [0.2, 0.25) is 0 Å². The van der Waals surface area contributed by atoms with Gasteiger partial charge in [0.2, 0.25) is 0 Å². The normalized spacial score (nSPS) is 48.7. The molecule has 9 heteroatoms. The summed E-state index contributed by atoms with van der Waals surface area (Å²) in [5, 5.41) is 44.0. The molecule has 4 heterocycles. The van der Waals surface area contributed by atoms with Gasteiger partial charge in [-0.25, -0.2) is 0 Å². The molecule has 1 aliphatic carbocycles. The number of carbonyl (C=O) groups is 1. The lowest BCUT2D eigenvalue weighted by molar-refractivity contribution is -0.335. The van der Waals surface area contributed by atoms with Crippen molar-refractivity contribution in [2.45, 2.75) is 114 Å². The molecular formula is C32H46O9. The van der Waals surface area contributed by atoms with Gasteiger partial charge in [-0.2, -0.15) is 0 Å². The summed E-state index contributed by atoms with van der Waals surface area (Å²) in [6, 6.07) is 0. The maximum absolute atomic E-state index is 13.9. The second kappa shape index (κ2) is 12.0. The number of ether oxygens (including phenoxy) is 4. The van der Waals surface area contributed by atoms with Crippen LogP contribution < -0.4 is 0 Å². The van der Waals surface area contributed by atoms with Crippen LogP contribution in [0.3, 0.4) is 0 Å². The smallest absolute Gasteiger partial charge is 0.316 e. The van der Waals surface area contributed by atoms with E-state index in [0.717, 1.165) is 12.8 Å². The van der Waals surface area contributed by atoms with Gasteiger partial charge in [0.25, 0.3) is 0 Å². The van der Waals surface area contributed by atoms with E-state index in [1.54, 1.807) is 31.2 Å². The van der Waals surface area contributed by atoms with Gasteiger partial charge in [0.05, 0.1) is 31.5 Å². The van der Waals surface area contributed by atoms with Gasteiger partial charge in [-0.05, 0) is 48.8 Å². The molecule has 0 aromatic heterocycles. The summed E-state index contributed by atoms with van der Waals surface area (Å²) in [4.78, 5) is 13.9. The van der Waals surface area contributed by atoms with Crippen molar-refractivity contribution in [3.8, 4) is 0 Å². The largest absolute Gasteiger partial charge is 0.462 e. The van der Waals surface area contributed by atoms with E-state index in [-0.39, 0.29) is 31.3 Å². The van der Waals surface area contributed by atoms with Gasteiger partial charge in [0, 0.05) is 25.2 Å². The molecule has 5 aliphatic rings. The number of esters is 1. The maximum Gasteiger partial charge on any atom is 0.316 e. The van der Waals surface area contributed by atoms with Gasteiger partial charge in [-0.1, -0.05) is 51.2 Å². The second-order valence-electron chi connectivity index (χ2n) is 12.7. The predicted octanol–water partition coefficient (Wildman–Crippen LogP) is 2.87. The summed E-state index contributed by atoms with van der Waals surface area (Å²) in [7, 11) is 0. The number of fused-ring (bicyclic) bond motifs is 2. The minimum absolute atomic E-state index is 0.0185. The standard InChI is InChI=1S/C32H46O9/c1-5-26-18(2)11-12-31(41-26)15-24-14-23(40-31)10-9-21(16-33)27(34)19(3)7-6-8-22-17-38-29-28(35)20(4)13-25(30(36)39-24)32(22,29)37/h6-9,13,18-19,23-29,33-35,37H,5,10-12,14-17H2,1-4H3/b7-6+,21-9+,22-8+/t18-,19-,23+,24-,25?,26+,27?,28+,29+,31+,32+/m0/s1. The number of allylic oxidation sites excluding steroid dienone is 2. The van der Waals surface area contributed by atoms with Crippen molar-refractivity contribution in [2.24, 2.45) is 17.8 Å². The molecule has 228 valence electrons. The third kappa shape index (κ3) is 5.75.